The number of carbonyl (C=O) groups is 1. The monoisotopic (exact) mass is 268 g/mol. The van der Waals surface area contributed by atoms with Gasteiger partial charge in [-0.1, -0.05) is 41.5 Å². The van der Waals surface area contributed by atoms with Crippen molar-refractivity contribution in [1.82, 2.24) is 0 Å². The zero-order valence-corrected chi connectivity index (χ0v) is 12.8. The Labute approximate surface area is 122 Å². The second-order valence-electron chi connectivity index (χ2n) is 6.39. The zero-order chi connectivity index (χ0) is 14.8. The molecule has 0 aliphatic heterocycles. The van der Waals surface area contributed by atoms with E-state index in [4.69, 9.17) is 0 Å². The smallest absolute Gasteiger partial charge is 0.169 e. The minimum absolute atomic E-state index is 0.280. The molecule has 0 fully saturated rings. The van der Waals surface area contributed by atoms with Gasteiger partial charge in [0.05, 0.1) is 0 Å². The van der Waals surface area contributed by atoms with Gasteiger partial charge in [0, 0.05) is 11.0 Å². The molecule has 0 unspecified atom stereocenters. The molecule has 1 aromatic rings. The van der Waals surface area contributed by atoms with Crippen molar-refractivity contribution < 1.29 is 4.79 Å². The lowest BCUT2D eigenvalue weighted by molar-refractivity contribution is 0.0758. The first-order valence-corrected chi connectivity index (χ1v) is 7.35. The highest BCUT2D eigenvalue weighted by atomic mass is 16.1. The van der Waals surface area contributed by atoms with Crippen molar-refractivity contribution in [2.24, 2.45) is 5.41 Å². The SMILES string of the molecule is C=C(C)C[C@]1(CC=C(C)C)CCc2ccccc2C1=O. The van der Waals surface area contributed by atoms with Gasteiger partial charge in [-0.05, 0) is 52.0 Å². The quantitative estimate of drug-likeness (QED) is 0.692. The summed E-state index contributed by atoms with van der Waals surface area (Å²) in [7, 11) is 0. The number of fused-ring (bicyclic) bond motifs is 1. The molecule has 0 heterocycles. The van der Waals surface area contributed by atoms with Crippen molar-refractivity contribution in [2.75, 3.05) is 0 Å². The highest BCUT2D eigenvalue weighted by molar-refractivity contribution is 6.03. The lowest BCUT2D eigenvalue weighted by Gasteiger charge is -2.36. The van der Waals surface area contributed by atoms with E-state index < -0.39 is 0 Å². The van der Waals surface area contributed by atoms with Gasteiger partial charge in [-0.2, -0.15) is 0 Å². The van der Waals surface area contributed by atoms with E-state index in [1.54, 1.807) is 0 Å². The van der Waals surface area contributed by atoms with Crippen LogP contribution in [0.15, 0.2) is 48.1 Å². The average Bonchev–Trinajstić information content (AvgIpc) is 2.40. The van der Waals surface area contributed by atoms with Crippen LogP contribution < -0.4 is 0 Å². The number of allylic oxidation sites excluding steroid dienone is 3. The van der Waals surface area contributed by atoms with Crippen molar-refractivity contribution in [1.29, 1.82) is 0 Å². The molecule has 0 amide bonds. The van der Waals surface area contributed by atoms with Crippen LogP contribution in [0.4, 0.5) is 0 Å². The van der Waals surface area contributed by atoms with E-state index in [0.29, 0.717) is 5.78 Å². The van der Waals surface area contributed by atoms with Crippen molar-refractivity contribution in [3.8, 4) is 0 Å². The fraction of sp³-hybridized carbons (Fsp3) is 0.421. The zero-order valence-electron chi connectivity index (χ0n) is 12.8. The molecular formula is C19H24O. The largest absolute Gasteiger partial charge is 0.294 e. The molecule has 1 heteroatoms. The van der Waals surface area contributed by atoms with E-state index in [1.807, 2.05) is 25.1 Å². The number of benzene rings is 1. The summed E-state index contributed by atoms with van der Waals surface area (Å²) in [5.41, 5.74) is 4.21. The summed E-state index contributed by atoms with van der Waals surface area (Å²) in [4.78, 5) is 13.0. The van der Waals surface area contributed by atoms with E-state index in [2.05, 4.69) is 32.6 Å². The molecule has 0 N–H and O–H groups in total. The minimum atomic E-state index is -0.280. The van der Waals surface area contributed by atoms with Gasteiger partial charge < -0.3 is 0 Å². The van der Waals surface area contributed by atoms with Crippen LogP contribution in [0.3, 0.4) is 0 Å². The molecule has 1 aromatic carbocycles. The van der Waals surface area contributed by atoms with Gasteiger partial charge in [-0.15, -0.1) is 6.58 Å². The van der Waals surface area contributed by atoms with Gasteiger partial charge in [0.2, 0.25) is 0 Å². The molecule has 0 radical (unpaired) electrons. The van der Waals surface area contributed by atoms with Gasteiger partial charge in [-0.3, -0.25) is 4.79 Å². The van der Waals surface area contributed by atoms with Crippen molar-refractivity contribution >= 4 is 5.78 Å². The maximum atomic E-state index is 13.0. The summed E-state index contributed by atoms with van der Waals surface area (Å²) in [6, 6.07) is 8.05. The van der Waals surface area contributed by atoms with Crippen LogP contribution in [0.25, 0.3) is 0 Å². The number of hydrogen-bond acceptors (Lipinski definition) is 1. The number of ketones is 1. The molecule has 1 atom stereocenters. The molecule has 2 rings (SSSR count). The molecule has 0 aromatic heterocycles. The van der Waals surface area contributed by atoms with Crippen LogP contribution >= 0.6 is 0 Å². The normalized spacial score (nSPS) is 21.2. The Balaban J connectivity index is 2.41. The van der Waals surface area contributed by atoms with Crippen molar-refractivity contribution in [3.05, 3.63) is 59.2 Å². The number of aryl methyl sites for hydroxylation is 1. The predicted octanol–water partition coefficient (Wildman–Crippen LogP) is 5.12. The van der Waals surface area contributed by atoms with Gasteiger partial charge in [0.15, 0.2) is 5.78 Å². The van der Waals surface area contributed by atoms with Gasteiger partial charge in [-0.25, -0.2) is 0 Å². The van der Waals surface area contributed by atoms with E-state index in [9.17, 15) is 4.79 Å². The second kappa shape index (κ2) is 5.78. The topological polar surface area (TPSA) is 17.1 Å². The molecule has 1 aliphatic rings. The highest BCUT2D eigenvalue weighted by Gasteiger charge is 2.41. The first-order valence-electron chi connectivity index (χ1n) is 7.35. The molecule has 1 aliphatic carbocycles. The average molecular weight is 268 g/mol. The highest BCUT2D eigenvalue weighted by Crippen LogP contribution is 2.43. The Bertz CT molecular complexity index is 561. The van der Waals surface area contributed by atoms with E-state index in [1.165, 1.54) is 11.1 Å². The number of hydrogen-bond donors (Lipinski definition) is 0. The Morgan fingerprint density at radius 2 is 2.00 bits per heavy atom. The molecular weight excluding hydrogens is 244 g/mol. The van der Waals surface area contributed by atoms with Crippen LogP contribution in [-0.4, -0.2) is 5.78 Å². The molecule has 0 spiro atoms. The van der Waals surface area contributed by atoms with E-state index in [-0.39, 0.29) is 5.41 Å². The summed E-state index contributed by atoms with van der Waals surface area (Å²) < 4.78 is 0. The van der Waals surface area contributed by atoms with E-state index >= 15 is 0 Å². The molecule has 0 saturated heterocycles. The maximum Gasteiger partial charge on any atom is 0.169 e. The maximum absolute atomic E-state index is 13.0. The molecule has 1 nitrogen and oxygen atoms in total. The van der Waals surface area contributed by atoms with Crippen molar-refractivity contribution in [2.45, 2.75) is 46.5 Å². The predicted molar refractivity (Wildman–Crippen MR) is 85.0 cm³/mol. The first kappa shape index (κ1) is 14.8. The van der Waals surface area contributed by atoms with Gasteiger partial charge in [0.25, 0.3) is 0 Å². The molecule has 0 bridgehead atoms. The van der Waals surface area contributed by atoms with Crippen LogP contribution in [0.5, 0.6) is 0 Å². The lowest BCUT2D eigenvalue weighted by Crippen LogP contribution is -2.36. The number of Topliss-reactive ketones (excluding diaryl/α,β-unsaturated/α-hetero) is 1. The van der Waals surface area contributed by atoms with Gasteiger partial charge in [0.1, 0.15) is 0 Å². The Morgan fingerprint density at radius 1 is 1.30 bits per heavy atom. The third kappa shape index (κ3) is 2.92. The first-order chi connectivity index (χ1) is 9.44. The number of carbonyl (C=O) groups excluding carboxylic acids is 1. The van der Waals surface area contributed by atoms with Gasteiger partial charge >= 0.3 is 0 Å². The Hall–Kier alpha value is -1.63. The summed E-state index contributed by atoms with van der Waals surface area (Å²) in [5.74, 6) is 0.305. The molecule has 0 saturated carbocycles. The van der Waals surface area contributed by atoms with Crippen molar-refractivity contribution in [3.63, 3.8) is 0 Å². The Morgan fingerprint density at radius 3 is 2.65 bits per heavy atom. The van der Waals surface area contributed by atoms with E-state index in [0.717, 1.165) is 36.8 Å². The second-order valence-corrected chi connectivity index (χ2v) is 6.39. The van der Waals surface area contributed by atoms with Crippen LogP contribution in [0.1, 0.15) is 56.0 Å². The fourth-order valence-corrected chi connectivity index (χ4v) is 3.15. The van der Waals surface area contributed by atoms with Crippen LogP contribution in [0, 0.1) is 5.41 Å². The van der Waals surface area contributed by atoms with Crippen LogP contribution in [0.2, 0.25) is 0 Å². The van der Waals surface area contributed by atoms with Crippen LogP contribution in [-0.2, 0) is 6.42 Å². The molecule has 20 heavy (non-hydrogen) atoms. The summed E-state index contributed by atoms with van der Waals surface area (Å²) >= 11 is 0. The summed E-state index contributed by atoms with van der Waals surface area (Å²) in [5, 5.41) is 0. The summed E-state index contributed by atoms with van der Waals surface area (Å²) in [6.45, 7) is 10.3. The standard InChI is InChI=1S/C19H24O/c1-14(2)9-11-19(13-15(3)4)12-10-16-7-5-6-8-17(16)18(19)20/h5-9H,3,10-13H2,1-2,4H3/t19-/m0/s1. The third-order valence-corrected chi connectivity index (χ3v) is 4.16. The molecule has 106 valence electrons. The lowest BCUT2D eigenvalue weighted by atomic mass is 9.65. The summed E-state index contributed by atoms with van der Waals surface area (Å²) in [6.07, 6.45) is 5.75. The minimum Gasteiger partial charge on any atom is -0.294 e. The number of rotatable bonds is 4. The Kier molecular flexibility index (Phi) is 4.27. The third-order valence-electron chi connectivity index (χ3n) is 4.16. The fourth-order valence-electron chi connectivity index (χ4n) is 3.15.